The van der Waals surface area contributed by atoms with Gasteiger partial charge in [0.25, 0.3) is 0 Å². The van der Waals surface area contributed by atoms with Crippen molar-refractivity contribution in [3.05, 3.63) is 41.5 Å². The summed E-state index contributed by atoms with van der Waals surface area (Å²) in [7, 11) is 0. The maximum atomic E-state index is 4.48. The Morgan fingerprint density at radius 2 is 1.83 bits per heavy atom. The molecule has 3 nitrogen and oxygen atoms in total. The van der Waals surface area contributed by atoms with Gasteiger partial charge in [0.15, 0.2) is 0 Å². The Hall–Kier alpha value is -1.94. The molecule has 0 radical (unpaired) electrons. The topological polar surface area (TPSA) is 37.8 Å². The van der Waals surface area contributed by atoms with Crippen molar-refractivity contribution in [1.29, 1.82) is 0 Å². The van der Waals surface area contributed by atoms with Crippen LogP contribution in [0.3, 0.4) is 0 Å². The van der Waals surface area contributed by atoms with Gasteiger partial charge >= 0.3 is 0 Å². The summed E-state index contributed by atoms with van der Waals surface area (Å²) < 4.78 is 0. The Morgan fingerprint density at radius 3 is 2.48 bits per heavy atom. The zero-order valence-corrected chi connectivity index (χ0v) is 14.9. The molecule has 0 aliphatic carbocycles. The molecule has 2 aromatic heterocycles. The number of anilines is 1. The smallest absolute Gasteiger partial charge is 0.139 e. The van der Waals surface area contributed by atoms with E-state index in [0.29, 0.717) is 12.0 Å². The van der Waals surface area contributed by atoms with Gasteiger partial charge in [-0.15, -0.1) is 11.3 Å². The van der Waals surface area contributed by atoms with E-state index in [4.69, 9.17) is 0 Å². The van der Waals surface area contributed by atoms with Gasteiger partial charge in [-0.05, 0) is 30.4 Å². The van der Waals surface area contributed by atoms with Gasteiger partial charge in [-0.3, -0.25) is 0 Å². The summed E-state index contributed by atoms with van der Waals surface area (Å²) >= 11 is 1.68. The fourth-order valence-corrected chi connectivity index (χ4v) is 3.50. The van der Waals surface area contributed by atoms with E-state index < -0.39 is 0 Å². The quantitative estimate of drug-likeness (QED) is 0.654. The number of benzene rings is 1. The number of hydrogen-bond donors (Lipinski definition) is 1. The molecule has 0 bridgehead atoms. The highest BCUT2D eigenvalue weighted by atomic mass is 32.1. The molecule has 0 aliphatic heterocycles. The first-order valence-corrected chi connectivity index (χ1v) is 9.07. The van der Waals surface area contributed by atoms with E-state index in [1.165, 1.54) is 16.7 Å². The summed E-state index contributed by atoms with van der Waals surface area (Å²) in [5.41, 5.74) is 3.80. The zero-order valence-electron chi connectivity index (χ0n) is 14.1. The first-order chi connectivity index (χ1) is 11.1. The molecule has 23 heavy (non-hydrogen) atoms. The first-order valence-electron chi connectivity index (χ1n) is 8.19. The fourth-order valence-electron chi connectivity index (χ4n) is 2.58. The van der Waals surface area contributed by atoms with Gasteiger partial charge in [-0.2, -0.15) is 0 Å². The summed E-state index contributed by atoms with van der Waals surface area (Å²) in [4.78, 5) is 9.95. The summed E-state index contributed by atoms with van der Waals surface area (Å²) in [5.74, 6) is 1.49. The number of aromatic nitrogens is 2. The molecule has 4 heteroatoms. The van der Waals surface area contributed by atoms with E-state index in [2.05, 4.69) is 72.6 Å². The predicted molar refractivity (Wildman–Crippen MR) is 100 cm³/mol. The summed E-state index contributed by atoms with van der Waals surface area (Å²) in [6.45, 7) is 8.79. The SMILES string of the molecule is CCC(C)Nc1ncnc2scc(-c3ccc(C(C)C)cc3)c12. The van der Waals surface area contributed by atoms with Crippen LogP contribution in [0.5, 0.6) is 0 Å². The Kier molecular flexibility index (Phi) is 4.62. The molecule has 1 aromatic carbocycles. The second kappa shape index (κ2) is 6.67. The number of nitrogens with zero attached hydrogens (tertiary/aromatic N) is 2. The largest absolute Gasteiger partial charge is 0.367 e. The third kappa shape index (κ3) is 3.22. The maximum Gasteiger partial charge on any atom is 0.139 e. The molecule has 1 N–H and O–H groups in total. The second-order valence-electron chi connectivity index (χ2n) is 6.28. The van der Waals surface area contributed by atoms with Gasteiger partial charge < -0.3 is 5.32 Å². The van der Waals surface area contributed by atoms with Gasteiger partial charge in [-0.25, -0.2) is 9.97 Å². The lowest BCUT2D eigenvalue weighted by molar-refractivity contribution is 0.760. The van der Waals surface area contributed by atoms with E-state index in [9.17, 15) is 0 Å². The lowest BCUT2D eigenvalue weighted by Crippen LogP contribution is -2.14. The van der Waals surface area contributed by atoms with Gasteiger partial charge in [0.2, 0.25) is 0 Å². The number of hydrogen-bond acceptors (Lipinski definition) is 4. The Labute approximate surface area is 141 Å². The molecule has 120 valence electrons. The van der Waals surface area contributed by atoms with E-state index in [1.54, 1.807) is 17.7 Å². The Bertz CT molecular complexity index is 790. The molecule has 3 rings (SSSR count). The minimum absolute atomic E-state index is 0.393. The van der Waals surface area contributed by atoms with Crippen LogP contribution < -0.4 is 5.32 Å². The van der Waals surface area contributed by atoms with Crippen LogP contribution in [0.2, 0.25) is 0 Å². The highest BCUT2D eigenvalue weighted by molar-refractivity contribution is 7.17. The molecule has 0 aliphatic rings. The van der Waals surface area contributed by atoms with Crippen molar-refractivity contribution in [1.82, 2.24) is 9.97 Å². The van der Waals surface area contributed by atoms with E-state index >= 15 is 0 Å². The molecule has 1 unspecified atom stereocenters. The lowest BCUT2D eigenvalue weighted by atomic mass is 9.99. The van der Waals surface area contributed by atoms with Crippen molar-refractivity contribution >= 4 is 27.4 Å². The van der Waals surface area contributed by atoms with Crippen LogP contribution >= 0.6 is 11.3 Å². The molecular formula is C19H23N3S. The Morgan fingerprint density at radius 1 is 1.09 bits per heavy atom. The van der Waals surface area contributed by atoms with E-state index in [-0.39, 0.29) is 0 Å². The first kappa shape index (κ1) is 15.9. The summed E-state index contributed by atoms with van der Waals surface area (Å²) in [6, 6.07) is 9.24. The maximum absolute atomic E-state index is 4.48. The molecule has 0 saturated heterocycles. The van der Waals surface area contributed by atoms with Gasteiger partial charge in [0.05, 0.1) is 5.39 Å². The highest BCUT2D eigenvalue weighted by Crippen LogP contribution is 2.37. The minimum Gasteiger partial charge on any atom is -0.367 e. The van der Waals surface area contributed by atoms with Crippen molar-refractivity contribution in [3.8, 4) is 11.1 Å². The highest BCUT2D eigenvalue weighted by Gasteiger charge is 2.14. The van der Waals surface area contributed by atoms with Crippen molar-refractivity contribution in [3.63, 3.8) is 0 Å². The number of thiophene rings is 1. The van der Waals surface area contributed by atoms with Crippen LogP contribution in [0.4, 0.5) is 5.82 Å². The van der Waals surface area contributed by atoms with Crippen molar-refractivity contribution in [2.75, 3.05) is 5.32 Å². The van der Waals surface area contributed by atoms with E-state index in [0.717, 1.165) is 22.5 Å². The average molecular weight is 325 g/mol. The van der Waals surface area contributed by atoms with Crippen LogP contribution in [-0.4, -0.2) is 16.0 Å². The van der Waals surface area contributed by atoms with Gasteiger partial charge in [0.1, 0.15) is 17.0 Å². The molecule has 1 atom stereocenters. The van der Waals surface area contributed by atoms with Crippen LogP contribution in [-0.2, 0) is 0 Å². The summed E-state index contributed by atoms with van der Waals surface area (Å²) in [6.07, 6.45) is 2.71. The molecule has 0 amide bonds. The third-order valence-corrected chi connectivity index (χ3v) is 5.14. The van der Waals surface area contributed by atoms with Gasteiger partial charge in [0, 0.05) is 17.0 Å². The normalized spacial score (nSPS) is 12.7. The Balaban J connectivity index is 2.07. The van der Waals surface area contributed by atoms with Crippen molar-refractivity contribution in [2.24, 2.45) is 0 Å². The van der Waals surface area contributed by atoms with Crippen LogP contribution in [0.1, 0.15) is 45.6 Å². The zero-order chi connectivity index (χ0) is 16.4. The minimum atomic E-state index is 0.393. The van der Waals surface area contributed by atoms with Crippen LogP contribution in [0.15, 0.2) is 36.0 Å². The average Bonchev–Trinajstić information content (AvgIpc) is 3.00. The summed E-state index contributed by atoms with van der Waals surface area (Å²) in [5, 5.41) is 6.84. The standard InChI is InChI=1S/C19H23N3S/c1-5-13(4)22-18-17-16(10-23-19(17)21-11-20-18)15-8-6-14(7-9-15)12(2)3/h6-13H,5H2,1-4H3,(H,20,21,22). The molecule has 2 heterocycles. The fraction of sp³-hybridized carbons (Fsp3) is 0.368. The van der Waals surface area contributed by atoms with Crippen molar-refractivity contribution in [2.45, 2.75) is 46.1 Å². The van der Waals surface area contributed by atoms with Gasteiger partial charge in [-0.1, -0.05) is 45.0 Å². The lowest BCUT2D eigenvalue weighted by Gasteiger charge is -2.13. The van der Waals surface area contributed by atoms with E-state index in [1.807, 2.05) is 0 Å². The van der Waals surface area contributed by atoms with Crippen LogP contribution in [0, 0.1) is 0 Å². The number of nitrogens with one attached hydrogen (secondary N) is 1. The number of rotatable bonds is 5. The molecule has 0 saturated carbocycles. The molecule has 0 spiro atoms. The monoisotopic (exact) mass is 325 g/mol. The van der Waals surface area contributed by atoms with Crippen LogP contribution in [0.25, 0.3) is 21.3 Å². The molecule has 0 fully saturated rings. The molecule has 3 aromatic rings. The predicted octanol–water partition coefficient (Wildman–Crippen LogP) is 5.69. The number of fused-ring (bicyclic) bond motifs is 1. The third-order valence-electron chi connectivity index (χ3n) is 4.25. The second-order valence-corrected chi connectivity index (χ2v) is 7.14. The molecular weight excluding hydrogens is 302 g/mol. The van der Waals surface area contributed by atoms with Crippen molar-refractivity contribution < 1.29 is 0 Å².